The third-order valence-corrected chi connectivity index (χ3v) is 19.8. The summed E-state index contributed by atoms with van der Waals surface area (Å²) >= 11 is 3.99. The van der Waals surface area contributed by atoms with Crippen LogP contribution in [0.25, 0.3) is 55.6 Å². The first-order valence-electron chi connectivity index (χ1n) is 34.6. The fraction of sp³-hybridized carbons (Fsp3) is 0.417. The number of hydrogen-bond acceptors (Lipinski definition) is 5. The molecule has 0 radical (unpaired) electrons. The molecule has 0 N–H and O–H groups in total. The zero-order valence-electron chi connectivity index (χ0n) is 55.5. The minimum atomic E-state index is -0.611. The van der Waals surface area contributed by atoms with Gasteiger partial charge in [-0.1, -0.05) is 233 Å². The second-order valence-corrected chi connectivity index (χ2v) is 26.8. The normalized spacial score (nSPS) is 14.7. The lowest BCUT2D eigenvalue weighted by atomic mass is 9.68. The molecule has 0 aromatic heterocycles. The van der Waals surface area contributed by atoms with E-state index in [-0.39, 0.29) is 0 Å². The van der Waals surface area contributed by atoms with Crippen molar-refractivity contribution in [3.05, 3.63) is 202 Å². The van der Waals surface area contributed by atoms with E-state index in [0.717, 1.165) is 124 Å². The van der Waals surface area contributed by atoms with Crippen molar-refractivity contribution < 1.29 is 18.9 Å². The number of benzene rings is 8. The maximum atomic E-state index is 10.7. The van der Waals surface area contributed by atoms with Crippen LogP contribution in [0, 0.1) is 35.0 Å². The molecule has 9 rings (SSSR count). The molecule has 8 aromatic rings. The zero-order chi connectivity index (χ0) is 63.2. The molecule has 1 aliphatic carbocycles. The van der Waals surface area contributed by atoms with Crippen molar-refractivity contribution in [1.82, 2.24) is 0 Å². The summed E-state index contributed by atoms with van der Waals surface area (Å²) in [6.45, 7) is 21.1. The molecule has 0 aliphatic heterocycles. The SMILES string of the molecule is CCCCC(CC)COc1ccc(-c2cc(CC3(Cc4cc(-c5ccc(OCC(CC)CCCC)cc5)cc(-c5ccc(OCC(CC)CCCC)cc5)c4)c4cc(Br)ccc4-c4ccc(C#N)cc43)cc(-c3ccc(OCC(CC)CCCC)cc3)c2)cc1. The van der Waals surface area contributed by atoms with E-state index in [9.17, 15) is 5.26 Å². The first kappa shape index (κ1) is 67.3. The number of unbranched alkanes of at least 4 members (excludes halogenated alkanes) is 4. The van der Waals surface area contributed by atoms with Crippen LogP contribution in [0.15, 0.2) is 174 Å². The van der Waals surface area contributed by atoms with Gasteiger partial charge in [0, 0.05) is 9.89 Å². The maximum Gasteiger partial charge on any atom is 0.119 e. The lowest BCUT2D eigenvalue weighted by Gasteiger charge is -2.34. The lowest BCUT2D eigenvalue weighted by Crippen LogP contribution is -2.31. The van der Waals surface area contributed by atoms with Crippen molar-refractivity contribution >= 4 is 15.9 Å². The number of halogens is 1. The Hall–Kier alpha value is -7.07. The number of nitrogens with zero attached hydrogens (tertiary/aromatic N) is 1. The van der Waals surface area contributed by atoms with E-state index < -0.39 is 5.41 Å². The first-order valence-corrected chi connectivity index (χ1v) is 35.4. The van der Waals surface area contributed by atoms with E-state index in [1.165, 1.54) is 110 Å². The summed E-state index contributed by atoms with van der Waals surface area (Å²) in [5.74, 6) is 5.78. The van der Waals surface area contributed by atoms with Gasteiger partial charge in [-0.15, -0.1) is 0 Å². The number of rotatable bonds is 36. The molecule has 0 saturated heterocycles. The molecular weight excluding hydrogens is 1170 g/mol. The van der Waals surface area contributed by atoms with Crippen LogP contribution >= 0.6 is 15.9 Å². The molecule has 6 heteroatoms. The number of ether oxygens (including phenoxy) is 4. The molecule has 8 aromatic carbocycles. The van der Waals surface area contributed by atoms with Crippen molar-refractivity contribution in [3.8, 4) is 84.7 Å². The first-order chi connectivity index (χ1) is 44.0. The third kappa shape index (κ3) is 17.7. The van der Waals surface area contributed by atoms with E-state index in [0.29, 0.717) is 42.1 Å². The standard InChI is InChI=1S/C84H100BrNO4/c1-9-17-21-60(13-5)56-87-76-35-26-67(27-36-76)71-45-65(46-72(50-71)68-28-37-77(38-29-68)88-57-61(14-6)22-18-10-2)53-84(82-49-64(55-86)25-43-80(82)81-44-34-75(85)52-83(81)84)54-66-47-73(69-30-39-78(40-31-69)89-58-62(15-7)23-19-11-3)51-74(48-66)70-32-41-79(42-33-70)90-59-63(16-8)24-20-12-4/h25-52,60-63H,9-24,53-54,56-59H2,1-8H3. The molecular formula is C84H100BrNO4. The Kier molecular flexibility index (Phi) is 25.3. The van der Waals surface area contributed by atoms with Crippen LogP contribution in [-0.4, -0.2) is 26.4 Å². The molecule has 0 heterocycles. The molecule has 0 spiro atoms. The molecule has 4 unspecified atom stereocenters. The number of nitriles is 1. The summed E-state index contributed by atoms with van der Waals surface area (Å²) in [5.41, 5.74) is 16.3. The molecule has 4 atom stereocenters. The minimum Gasteiger partial charge on any atom is -0.493 e. The van der Waals surface area contributed by atoms with Gasteiger partial charge in [-0.3, -0.25) is 0 Å². The van der Waals surface area contributed by atoms with Crippen LogP contribution < -0.4 is 18.9 Å². The second-order valence-electron chi connectivity index (χ2n) is 25.8. The highest BCUT2D eigenvalue weighted by atomic mass is 79.9. The predicted molar refractivity (Wildman–Crippen MR) is 382 cm³/mol. The average molecular weight is 1270 g/mol. The van der Waals surface area contributed by atoms with Gasteiger partial charge in [-0.2, -0.15) is 5.26 Å². The Morgan fingerprint density at radius 2 is 0.656 bits per heavy atom. The molecule has 0 bridgehead atoms. The quantitative estimate of drug-likeness (QED) is 0.0392. The van der Waals surface area contributed by atoms with Gasteiger partial charge in [-0.05, 0) is 225 Å². The van der Waals surface area contributed by atoms with Gasteiger partial charge in [-0.25, -0.2) is 0 Å². The van der Waals surface area contributed by atoms with E-state index in [4.69, 9.17) is 18.9 Å². The van der Waals surface area contributed by atoms with Crippen molar-refractivity contribution in [2.75, 3.05) is 26.4 Å². The Morgan fingerprint density at radius 1 is 0.356 bits per heavy atom. The molecule has 0 amide bonds. The number of fused-ring (bicyclic) bond motifs is 3. The fourth-order valence-corrected chi connectivity index (χ4v) is 13.7. The third-order valence-electron chi connectivity index (χ3n) is 19.3. The molecule has 1 aliphatic rings. The summed E-state index contributed by atoms with van der Waals surface area (Å²) < 4.78 is 27.0. The molecule has 90 heavy (non-hydrogen) atoms. The van der Waals surface area contributed by atoms with Crippen molar-refractivity contribution in [3.63, 3.8) is 0 Å². The Labute approximate surface area is 550 Å². The molecule has 5 nitrogen and oxygen atoms in total. The summed E-state index contributed by atoms with van der Waals surface area (Å²) in [5, 5.41) is 10.7. The minimum absolute atomic E-state index is 0.544. The largest absolute Gasteiger partial charge is 0.493 e. The van der Waals surface area contributed by atoms with Crippen molar-refractivity contribution in [1.29, 1.82) is 5.26 Å². The van der Waals surface area contributed by atoms with Crippen LogP contribution in [0.5, 0.6) is 23.0 Å². The molecule has 472 valence electrons. The Bertz CT molecular complexity index is 3200. The Balaban J connectivity index is 1.16. The zero-order valence-corrected chi connectivity index (χ0v) is 57.1. The van der Waals surface area contributed by atoms with Crippen LogP contribution in [0.1, 0.15) is 186 Å². The predicted octanol–water partition coefficient (Wildman–Crippen LogP) is 24.1. The van der Waals surface area contributed by atoms with Crippen LogP contribution in [-0.2, 0) is 18.3 Å². The topological polar surface area (TPSA) is 60.7 Å². The Morgan fingerprint density at radius 3 is 0.944 bits per heavy atom. The summed E-state index contributed by atoms with van der Waals surface area (Å²) in [7, 11) is 0. The molecule has 0 saturated carbocycles. The smallest absolute Gasteiger partial charge is 0.119 e. The van der Waals surface area contributed by atoms with Crippen LogP contribution in [0.2, 0.25) is 0 Å². The van der Waals surface area contributed by atoms with Gasteiger partial charge in [0.05, 0.1) is 38.1 Å². The van der Waals surface area contributed by atoms with Crippen molar-refractivity contribution in [2.24, 2.45) is 23.7 Å². The van der Waals surface area contributed by atoms with Crippen LogP contribution in [0.3, 0.4) is 0 Å². The summed E-state index contributed by atoms with van der Waals surface area (Å²) in [4.78, 5) is 0. The number of hydrogen-bond donors (Lipinski definition) is 0. The fourth-order valence-electron chi connectivity index (χ4n) is 13.4. The van der Waals surface area contributed by atoms with E-state index >= 15 is 0 Å². The summed E-state index contributed by atoms with van der Waals surface area (Å²) in [6, 6.07) is 65.1. The van der Waals surface area contributed by atoms with E-state index in [1.54, 1.807) is 0 Å². The van der Waals surface area contributed by atoms with Gasteiger partial charge in [0.1, 0.15) is 23.0 Å². The highest BCUT2D eigenvalue weighted by molar-refractivity contribution is 9.10. The van der Waals surface area contributed by atoms with Crippen molar-refractivity contribution in [2.45, 2.75) is 176 Å². The second kappa shape index (κ2) is 33.8. The monoisotopic (exact) mass is 1270 g/mol. The van der Waals surface area contributed by atoms with Gasteiger partial charge in [0.15, 0.2) is 0 Å². The highest BCUT2D eigenvalue weighted by Crippen LogP contribution is 2.54. The lowest BCUT2D eigenvalue weighted by molar-refractivity contribution is 0.233. The van der Waals surface area contributed by atoms with Crippen LogP contribution in [0.4, 0.5) is 0 Å². The highest BCUT2D eigenvalue weighted by Gasteiger charge is 2.44. The van der Waals surface area contributed by atoms with E-state index in [1.807, 2.05) is 6.07 Å². The van der Waals surface area contributed by atoms with Gasteiger partial charge in [0.2, 0.25) is 0 Å². The molecule has 0 fully saturated rings. The summed E-state index contributed by atoms with van der Waals surface area (Å²) in [6.07, 6.45) is 20.2. The van der Waals surface area contributed by atoms with Gasteiger partial charge in [0.25, 0.3) is 0 Å². The van der Waals surface area contributed by atoms with E-state index in [2.05, 4.69) is 241 Å². The maximum absolute atomic E-state index is 10.7. The average Bonchev–Trinajstić information content (AvgIpc) is 1.55. The van der Waals surface area contributed by atoms with Gasteiger partial charge < -0.3 is 18.9 Å². The van der Waals surface area contributed by atoms with Gasteiger partial charge >= 0.3 is 0 Å².